The highest BCUT2D eigenvalue weighted by Crippen LogP contribution is 2.16. The summed E-state index contributed by atoms with van der Waals surface area (Å²) in [7, 11) is -0.144. The summed E-state index contributed by atoms with van der Waals surface area (Å²) < 4.78 is 24.1. The van der Waals surface area contributed by atoms with Gasteiger partial charge in [0.25, 0.3) is 0 Å². The fourth-order valence-electron chi connectivity index (χ4n) is 1.47. The zero-order valence-corrected chi connectivity index (χ0v) is 12.0. The van der Waals surface area contributed by atoms with Crippen molar-refractivity contribution in [2.24, 2.45) is 0 Å². The van der Waals surface area contributed by atoms with Crippen molar-refractivity contribution in [3.05, 3.63) is 29.3 Å². The van der Waals surface area contributed by atoms with E-state index in [1.165, 1.54) is 4.90 Å². The lowest BCUT2D eigenvalue weighted by Crippen LogP contribution is -2.24. The summed E-state index contributed by atoms with van der Waals surface area (Å²) in [5, 5.41) is 0. The predicted octanol–water partition coefficient (Wildman–Crippen LogP) is 1.56. The third-order valence-electron chi connectivity index (χ3n) is 2.92. The van der Waals surface area contributed by atoms with Crippen LogP contribution in [0.1, 0.15) is 17.5 Å². The lowest BCUT2D eigenvalue weighted by molar-refractivity contribution is -0.128. The summed E-state index contributed by atoms with van der Waals surface area (Å²) in [6.45, 7) is 3.81. The van der Waals surface area contributed by atoms with Crippen molar-refractivity contribution in [3.63, 3.8) is 0 Å². The standard InChI is InChI=1S/C13H19NO3S/c1-10-5-6-12(9-11(10)2)18(16,17)8-7-13(15)14(3)4/h5-6,9H,7-8H2,1-4H3. The Morgan fingerprint density at radius 3 is 2.28 bits per heavy atom. The molecule has 0 N–H and O–H groups in total. The van der Waals surface area contributed by atoms with E-state index in [0.717, 1.165) is 11.1 Å². The Morgan fingerprint density at radius 2 is 1.78 bits per heavy atom. The van der Waals surface area contributed by atoms with Crippen molar-refractivity contribution < 1.29 is 13.2 Å². The highest BCUT2D eigenvalue weighted by molar-refractivity contribution is 7.91. The van der Waals surface area contributed by atoms with Crippen molar-refractivity contribution in [1.82, 2.24) is 4.90 Å². The van der Waals surface area contributed by atoms with Crippen LogP contribution in [0.4, 0.5) is 0 Å². The highest BCUT2D eigenvalue weighted by atomic mass is 32.2. The first-order valence-electron chi connectivity index (χ1n) is 5.74. The largest absolute Gasteiger partial charge is 0.349 e. The van der Waals surface area contributed by atoms with Crippen LogP contribution < -0.4 is 0 Å². The Labute approximate surface area is 109 Å². The predicted molar refractivity (Wildman–Crippen MR) is 71.3 cm³/mol. The zero-order valence-electron chi connectivity index (χ0n) is 11.2. The lowest BCUT2D eigenvalue weighted by atomic mass is 10.1. The fourth-order valence-corrected chi connectivity index (χ4v) is 2.78. The van der Waals surface area contributed by atoms with E-state index in [4.69, 9.17) is 0 Å². The second-order valence-corrected chi connectivity index (χ2v) is 6.71. The van der Waals surface area contributed by atoms with Gasteiger partial charge in [0, 0.05) is 20.5 Å². The molecular formula is C13H19NO3S. The van der Waals surface area contributed by atoms with Gasteiger partial charge in [-0.1, -0.05) is 6.07 Å². The van der Waals surface area contributed by atoms with Crippen LogP contribution in [0.25, 0.3) is 0 Å². The molecule has 1 aromatic carbocycles. The third kappa shape index (κ3) is 3.57. The molecule has 0 spiro atoms. The molecule has 0 aliphatic carbocycles. The SMILES string of the molecule is Cc1ccc(S(=O)(=O)CCC(=O)N(C)C)cc1C. The minimum absolute atomic E-state index is 0.0161. The summed E-state index contributed by atoms with van der Waals surface area (Å²) in [4.78, 5) is 13.1. The Hall–Kier alpha value is -1.36. The first-order valence-corrected chi connectivity index (χ1v) is 7.39. The van der Waals surface area contributed by atoms with E-state index in [9.17, 15) is 13.2 Å². The molecule has 1 amide bonds. The fraction of sp³-hybridized carbons (Fsp3) is 0.462. The molecule has 0 bridgehead atoms. The lowest BCUT2D eigenvalue weighted by Gasteiger charge is -2.11. The average Bonchev–Trinajstić information content (AvgIpc) is 2.29. The van der Waals surface area contributed by atoms with Gasteiger partial charge in [0.15, 0.2) is 9.84 Å². The van der Waals surface area contributed by atoms with Crippen LogP contribution in [-0.2, 0) is 14.6 Å². The Balaban J connectivity index is 2.87. The molecular weight excluding hydrogens is 250 g/mol. The van der Waals surface area contributed by atoms with Crippen LogP contribution >= 0.6 is 0 Å². The van der Waals surface area contributed by atoms with Crippen molar-refractivity contribution in [1.29, 1.82) is 0 Å². The van der Waals surface area contributed by atoms with Crippen molar-refractivity contribution in [3.8, 4) is 0 Å². The number of nitrogens with zero attached hydrogens (tertiary/aromatic N) is 1. The minimum Gasteiger partial charge on any atom is -0.349 e. The summed E-state index contributed by atoms with van der Waals surface area (Å²) in [6.07, 6.45) is 0.0161. The first-order chi connectivity index (χ1) is 8.24. The van der Waals surface area contributed by atoms with Crippen LogP contribution in [0.3, 0.4) is 0 Å². The molecule has 1 rings (SSSR count). The van der Waals surface area contributed by atoms with Gasteiger partial charge < -0.3 is 4.90 Å². The van der Waals surface area contributed by atoms with Gasteiger partial charge in [0.2, 0.25) is 5.91 Å². The third-order valence-corrected chi connectivity index (χ3v) is 4.63. The molecule has 18 heavy (non-hydrogen) atoms. The van der Waals surface area contributed by atoms with Gasteiger partial charge in [-0.05, 0) is 37.1 Å². The van der Waals surface area contributed by atoms with E-state index in [0.29, 0.717) is 0 Å². The summed E-state index contributed by atoms with van der Waals surface area (Å²) in [5.74, 6) is -0.325. The molecule has 5 heteroatoms. The highest BCUT2D eigenvalue weighted by Gasteiger charge is 2.17. The Morgan fingerprint density at radius 1 is 1.17 bits per heavy atom. The second kappa shape index (κ2) is 5.52. The van der Waals surface area contributed by atoms with Gasteiger partial charge in [-0.2, -0.15) is 0 Å². The van der Waals surface area contributed by atoms with E-state index >= 15 is 0 Å². The normalized spacial score (nSPS) is 11.3. The number of carbonyl (C=O) groups excluding carboxylic acids is 1. The number of hydrogen-bond acceptors (Lipinski definition) is 3. The maximum Gasteiger partial charge on any atom is 0.223 e. The molecule has 0 aliphatic heterocycles. The topological polar surface area (TPSA) is 54.5 Å². The van der Waals surface area contributed by atoms with Crippen molar-refractivity contribution in [2.75, 3.05) is 19.8 Å². The van der Waals surface area contributed by atoms with Crippen LogP contribution in [0.15, 0.2) is 23.1 Å². The summed E-state index contributed by atoms with van der Waals surface area (Å²) in [6, 6.07) is 5.04. The number of carbonyl (C=O) groups is 1. The molecule has 1 aromatic rings. The zero-order chi connectivity index (χ0) is 13.9. The molecule has 0 radical (unpaired) electrons. The van der Waals surface area contributed by atoms with Gasteiger partial charge in [0.1, 0.15) is 0 Å². The maximum atomic E-state index is 12.1. The van der Waals surface area contributed by atoms with Crippen LogP contribution in [0, 0.1) is 13.8 Å². The van der Waals surface area contributed by atoms with Crippen LogP contribution in [0.5, 0.6) is 0 Å². The molecule has 0 aromatic heterocycles. The van der Waals surface area contributed by atoms with Gasteiger partial charge in [-0.3, -0.25) is 4.79 Å². The molecule has 0 saturated carbocycles. The van der Waals surface area contributed by atoms with Gasteiger partial charge >= 0.3 is 0 Å². The Bertz CT molecular complexity index is 547. The second-order valence-electron chi connectivity index (χ2n) is 4.60. The first kappa shape index (κ1) is 14.7. The van der Waals surface area contributed by atoms with Crippen molar-refractivity contribution >= 4 is 15.7 Å². The van der Waals surface area contributed by atoms with E-state index in [2.05, 4.69) is 0 Å². The van der Waals surface area contributed by atoms with E-state index in [1.54, 1.807) is 32.3 Å². The van der Waals surface area contributed by atoms with E-state index in [1.807, 2.05) is 13.8 Å². The van der Waals surface area contributed by atoms with Crippen LogP contribution in [0.2, 0.25) is 0 Å². The molecule has 0 unspecified atom stereocenters. The molecule has 4 nitrogen and oxygen atoms in total. The summed E-state index contributed by atoms with van der Waals surface area (Å²) >= 11 is 0. The smallest absolute Gasteiger partial charge is 0.223 e. The van der Waals surface area contributed by atoms with E-state index < -0.39 is 9.84 Å². The Kier molecular flexibility index (Phi) is 4.51. The van der Waals surface area contributed by atoms with Gasteiger partial charge in [-0.25, -0.2) is 8.42 Å². The summed E-state index contributed by atoms with van der Waals surface area (Å²) in [5.41, 5.74) is 1.99. The van der Waals surface area contributed by atoms with Crippen molar-refractivity contribution in [2.45, 2.75) is 25.2 Å². The molecule has 0 heterocycles. The number of benzene rings is 1. The molecule has 0 atom stereocenters. The molecule has 0 saturated heterocycles. The maximum absolute atomic E-state index is 12.1. The molecule has 0 fully saturated rings. The number of hydrogen-bond donors (Lipinski definition) is 0. The number of aryl methyl sites for hydroxylation is 2. The average molecular weight is 269 g/mol. The van der Waals surface area contributed by atoms with Gasteiger partial charge in [-0.15, -0.1) is 0 Å². The molecule has 0 aliphatic rings. The van der Waals surface area contributed by atoms with E-state index in [-0.39, 0.29) is 23.0 Å². The number of sulfone groups is 1. The van der Waals surface area contributed by atoms with Gasteiger partial charge in [0.05, 0.1) is 10.6 Å². The minimum atomic E-state index is -3.38. The monoisotopic (exact) mass is 269 g/mol. The molecule has 100 valence electrons. The van der Waals surface area contributed by atoms with Crippen LogP contribution in [-0.4, -0.2) is 39.1 Å². The number of rotatable bonds is 4. The quantitative estimate of drug-likeness (QED) is 0.833. The number of amides is 1.